The zero-order chi connectivity index (χ0) is 15.1. The highest BCUT2D eigenvalue weighted by molar-refractivity contribution is 6.60. The topological polar surface area (TPSA) is 27.7 Å². The molecule has 122 valence electrons. The molecule has 0 amide bonds. The van der Waals surface area contributed by atoms with Gasteiger partial charge in [0.25, 0.3) is 0 Å². The van der Waals surface area contributed by atoms with Gasteiger partial charge < -0.3 is 13.3 Å². The van der Waals surface area contributed by atoms with Crippen molar-refractivity contribution in [3.8, 4) is 0 Å². The van der Waals surface area contributed by atoms with Gasteiger partial charge >= 0.3 is 8.80 Å². The molecule has 4 heteroatoms. The van der Waals surface area contributed by atoms with Crippen molar-refractivity contribution >= 4 is 8.80 Å². The van der Waals surface area contributed by atoms with Crippen LogP contribution in [0.15, 0.2) is 0 Å². The van der Waals surface area contributed by atoms with Crippen LogP contribution in [-0.2, 0) is 13.3 Å². The Balaban J connectivity index is 4.48. The molecule has 20 heavy (non-hydrogen) atoms. The SMILES string of the molecule is CCCCO[Si](CCCC)(OCCCC)OCCCC. The van der Waals surface area contributed by atoms with E-state index < -0.39 is 8.80 Å². The van der Waals surface area contributed by atoms with E-state index in [4.69, 9.17) is 13.3 Å². The van der Waals surface area contributed by atoms with Crippen molar-refractivity contribution in [3.63, 3.8) is 0 Å². The summed E-state index contributed by atoms with van der Waals surface area (Å²) in [6.45, 7) is 11.1. The number of hydrogen-bond donors (Lipinski definition) is 0. The third kappa shape index (κ3) is 9.92. The minimum atomic E-state index is -2.43. The van der Waals surface area contributed by atoms with E-state index in [0.29, 0.717) is 0 Å². The molecule has 0 heterocycles. The molecule has 0 saturated heterocycles. The Bertz CT molecular complexity index is 174. The fraction of sp³-hybridized carbons (Fsp3) is 1.00. The smallest absolute Gasteiger partial charge is 0.373 e. The van der Waals surface area contributed by atoms with Crippen LogP contribution in [0.2, 0.25) is 6.04 Å². The van der Waals surface area contributed by atoms with Gasteiger partial charge in [0.15, 0.2) is 0 Å². The van der Waals surface area contributed by atoms with E-state index in [-0.39, 0.29) is 0 Å². The summed E-state index contributed by atoms with van der Waals surface area (Å²) < 4.78 is 18.5. The second-order valence-electron chi connectivity index (χ2n) is 5.39. The summed E-state index contributed by atoms with van der Waals surface area (Å²) in [4.78, 5) is 0. The molecule has 0 aromatic carbocycles. The van der Waals surface area contributed by atoms with Gasteiger partial charge in [-0.15, -0.1) is 0 Å². The Labute approximate surface area is 127 Å². The van der Waals surface area contributed by atoms with Crippen LogP contribution in [0.5, 0.6) is 0 Å². The van der Waals surface area contributed by atoms with Gasteiger partial charge in [-0.2, -0.15) is 0 Å². The van der Waals surface area contributed by atoms with Crippen molar-refractivity contribution in [3.05, 3.63) is 0 Å². The third-order valence-electron chi connectivity index (χ3n) is 3.30. The van der Waals surface area contributed by atoms with E-state index in [1.807, 2.05) is 0 Å². The highest BCUT2D eigenvalue weighted by Gasteiger charge is 2.40. The highest BCUT2D eigenvalue weighted by Crippen LogP contribution is 2.21. The van der Waals surface area contributed by atoms with E-state index in [1.165, 1.54) is 6.42 Å². The summed E-state index contributed by atoms with van der Waals surface area (Å²) >= 11 is 0. The first-order valence-electron chi connectivity index (χ1n) is 8.66. The molecule has 0 bridgehead atoms. The zero-order valence-electron chi connectivity index (χ0n) is 14.2. The van der Waals surface area contributed by atoms with Crippen LogP contribution in [0.1, 0.15) is 79.1 Å². The molecule has 0 N–H and O–H groups in total. The quantitative estimate of drug-likeness (QED) is 0.308. The first-order chi connectivity index (χ1) is 9.74. The normalized spacial score (nSPS) is 12.0. The second-order valence-corrected chi connectivity index (χ2v) is 8.12. The van der Waals surface area contributed by atoms with Gasteiger partial charge in [0.1, 0.15) is 0 Å². The second kappa shape index (κ2) is 14.1. The molecular weight excluding hydrogens is 268 g/mol. The Kier molecular flexibility index (Phi) is 14.1. The van der Waals surface area contributed by atoms with Crippen molar-refractivity contribution < 1.29 is 13.3 Å². The molecule has 0 saturated carbocycles. The van der Waals surface area contributed by atoms with E-state index in [1.54, 1.807) is 0 Å². The maximum absolute atomic E-state index is 6.16. The van der Waals surface area contributed by atoms with Gasteiger partial charge in [0.05, 0.1) is 0 Å². The lowest BCUT2D eigenvalue weighted by Gasteiger charge is -2.30. The van der Waals surface area contributed by atoms with E-state index in [9.17, 15) is 0 Å². The molecule has 3 nitrogen and oxygen atoms in total. The van der Waals surface area contributed by atoms with Crippen LogP contribution in [-0.4, -0.2) is 28.6 Å². The van der Waals surface area contributed by atoms with Crippen molar-refractivity contribution in [2.45, 2.75) is 85.1 Å². The first kappa shape index (κ1) is 20.1. The Morgan fingerprint density at radius 1 is 0.550 bits per heavy atom. The van der Waals surface area contributed by atoms with Crippen LogP contribution in [0.25, 0.3) is 0 Å². The van der Waals surface area contributed by atoms with Crippen LogP contribution >= 0.6 is 0 Å². The zero-order valence-corrected chi connectivity index (χ0v) is 15.2. The summed E-state index contributed by atoms with van der Waals surface area (Å²) in [5, 5.41) is 0. The minimum Gasteiger partial charge on any atom is -0.373 e. The van der Waals surface area contributed by atoms with E-state index in [0.717, 1.165) is 70.8 Å². The third-order valence-corrected chi connectivity index (χ3v) is 6.19. The fourth-order valence-corrected chi connectivity index (χ4v) is 4.69. The largest absolute Gasteiger partial charge is 0.500 e. The van der Waals surface area contributed by atoms with Crippen molar-refractivity contribution in [1.29, 1.82) is 0 Å². The molecular formula is C16H36O3Si. The molecule has 0 atom stereocenters. The summed E-state index contributed by atoms with van der Waals surface area (Å²) in [6.07, 6.45) is 9.04. The number of unbranched alkanes of at least 4 members (excludes halogenated alkanes) is 4. The van der Waals surface area contributed by atoms with Crippen molar-refractivity contribution in [1.82, 2.24) is 0 Å². The lowest BCUT2D eigenvalue weighted by atomic mass is 10.4. The highest BCUT2D eigenvalue weighted by atomic mass is 28.4. The maximum Gasteiger partial charge on any atom is 0.500 e. The Morgan fingerprint density at radius 3 is 1.20 bits per heavy atom. The van der Waals surface area contributed by atoms with Crippen molar-refractivity contribution in [2.75, 3.05) is 19.8 Å². The van der Waals surface area contributed by atoms with Crippen LogP contribution in [0.4, 0.5) is 0 Å². The summed E-state index contributed by atoms with van der Waals surface area (Å²) in [5.41, 5.74) is 0. The van der Waals surface area contributed by atoms with Gasteiger partial charge in [-0.1, -0.05) is 53.4 Å². The average Bonchev–Trinajstić information content (AvgIpc) is 2.46. The molecule has 0 aromatic rings. The van der Waals surface area contributed by atoms with Crippen LogP contribution in [0, 0.1) is 0 Å². The molecule has 0 aromatic heterocycles. The van der Waals surface area contributed by atoms with E-state index >= 15 is 0 Å². The fourth-order valence-electron chi connectivity index (χ4n) is 1.85. The van der Waals surface area contributed by atoms with Crippen LogP contribution in [0.3, 0.4) is 0 Å². The molecule has 0 rings (SSSR count). The predicted octanol–water partition coefficient (Wildman–Crippen LogP) is 5.18. The van der Waals surface area contributed by atoms with Crippen LogP contribution < -0.4 is 0 Å². The Hall–Kier alpha value is 0.0969. The molecule has 0 spiro atoms. The van der Waals surface area contributed by atoms with Gasteiger partial charge in [0, 0.05) is 25.9 Å². The first-order valence-corrected chi connectivity index (χ1v) is 10.6. The van der Waals surface area contributed by atoms with Crippen molar-refractivity contribution in [2.24, 2.45) is 0 Å². The molecule has 0 radical (unpaired) electrons. The summed E-state index contributed by atoms with van der Waals surface area (Å²) in [7, 11) is -2.43. The molecule has 0 aliphatic heterocycles. The van der Waals surface area contributed by atoms with Gasteiger partial charge in [0.2, 0.25) is 0 Å². The Morgan fingerprint density at radius 2 is 0.900 bits per heavy atom. The van der Waals surface area contributed by atoms with Gasteiger partial charge in [-0.3, -0.25) is 0 Å². The summed E-state index contributed by atoms with van der Waals surface area (Å²) in [6, 6.07) is 0.973. The molecule has 0 fully saturated rings. The average molecular weight is 305 g/mol. The van der Waals surface area contributed by atoms with E-state index in [2.05, 4.69) is 27.7 Å². The lowest BCUT2D eigenvalue weighted by molar-refractivity contribution is 0.0558. The minimum absolute atomic E-state index is 0.782. The predicted molar refractivity (Wildman–Crippen MR) is 88.0 cm³/mol. The number of rotatable bonds is 15. The molecule has 0 aliphatic carbocycles. The summed E-state index contributed by atoms with van der Waals surface area (Å²) in [5.74, 6) is 0. The maximum atomic E-state index is 6.16. The van der Waals surface area contributed by atoms with Gasteiger partial charge in [-0.05, 0) is 25.7 Å². The standard InChI is InChI=1S/C16H36O3Si/c1-5-9-13-17-20(16-12-8-4,18-14-10-6-2)19-15-11-7-3/h5-16H2,1-4H3. The molecule has 0 aliphatic rings. The van der Waals surface area contributed by atoms with Gasteiger partial charge in [-0.25, -0.2) is 0 Å². The lowest BCUT2D eigenvalue weighted by Crippen LogP contribution is -2.46. The molecule has 0 unspecified atom stereocenters. The number of hydrogen-bond acceptors (Lipinski definition) is 3. The monoisotopic (exact) mass is 304 g/mol.